The quantitative estimate of drug-likeness (QED) is 0.555. The fourth-order valence-corrected chi connectivity index (χ4v) is 3.12. The van der Waals surface area contributed by atoms with Gasteiger partial charge >= 0.3 is 0 Å². The van der Waals surface area contributed by atoms with Crippen molar-refractivity contribution in [2.24, 2.45) is 4.99 Å². The van der Waals surface area contributed by atoms with Crippen LogP contribution < -0.4 is 15.4 Å². The number of aromatic nitrogens is 1. The van der Waals surface area contributed by atoms with Gasteiger partial charge in [0.2, 0.25) is 0 Å². The molecule has 1 heterocycles. The van der Waals surface area contributed by atoms with Gasteiger partial charge in [0.05, 0.1) is 18.8 Å². The predicted molar refractivity (Wildman–Crippen MR) is 106 cm³/mol. The van der Waals surface area contributed by atoms with Gasteiger partial charge in [-0.15, -0.1) is 11.3 Å². The zero-order valence-electron chi connectivity index (χ0n) is 15.5. The number of aliphatic imine (C=N–C) groups is 1. The Labute approximate surface area is 154 Å². The van der Waals surface area contributed by atoms with Gasteiger partial charge in [0.1, 0.15) is 16.9 Å². The molecule has 2 N–H and O–H groups in total. The molecule has 25 heavy (non-hydrogen) atoms. The van der Waals surface area contributed by atoms with Crippen LogP contribution in [-0.4, -0.2) is 30.6 Å². The highest BCUT2D eigenvalue weighted by Crippen LogP contribution is 2.17. The van der Waals surface area contributed by atoms with Crippen molar-refractivity contribution in [2.45, 2.75) is 45.8 Å². The van der Waals surface area contributed by atoms with Crippen LogP contribution in [0.3, 0.4) is 0 Å². The number of benzene rings is 1. The highest BCUT2D eigenvalue weighted by atomic mass is 32.1. The van der Waals surface area contributed by atoms with Gasteiger partial charge in [-0.1, -0.05) is 39.0 Å². The van der Waals surface area contributed by atoms with Crippen molar-refractivity contribution in [1.82, 2.24) is 15.6 Å². The lowest BCUT2D eigenvalue weighted by atomic mass is 10.2. The minimum atomic E-state index is 0.0911. The van der Waals surface area contributed by atoms with Gasteiger partial charge in [0.15, 0.2) is 5.96 Å². The average molecular weight is 361 g/mol. The zero-order valence-corrected chi connectivity index (χ0v) is 16.3. The molecule has 0 spiro atoms. The van der Waals surface area contributed by atoms with Gasteiger partial charge in [-0.3, -0.25) is 4.99 Å². The van der Waals surface area contributed by atoms with Crippen molar-refractivity contribution in [1.29, 1.82) is 0 Å². The lowest BCUT2D eigenvalue weighted by Crippen LogP contribution is -2.42. The van der Waals surface area contributed by atoms with Crippen LogP contribution in [0.15, 0.2) is 40.7 Å². The van der Waals surface area contributed by atoms with E-state index in [1.807, 2.05) is 30.3 Å². The summed E-state index contributed by atoms with van der Waals surface area (Å²) in [6.07, 6.45) is 1.01. The van der Waals surface area contributed by atoms with E-state index in [0.717, 1.165) is 28.8 Å². The van der Waals surface area contributed by atoms with Gasteiger partial charge in [0, 0.05) is 12.4 Å². The highest BCUT2D eigenvalue weighted by molar-refractivity contribution is 7.09. The molecule has 0 bridgehead atoms. The molecular formula is C19H28N4OS. The maximum atomic E-state index is 6.00. The molecule has 0 saturated carbocycles. The third-order valence-electron chi connectivity index (χ3n) is 3.79. The lowest BCUT2D eigenvalue weighted by molar-refractivity contribution is 0.199. The zero-order chi connectivity index (χ0) is 18.1. The molecule has 5 nitrogen and oxygen atoms in total. The number of para-hydroxylation sites is 1. The summed E-state index contributed by atoms with van der Waals surface area (Å²) in [5.74, 6) is 2.11. The van der Waals surface area contributed by atoms with Crippen LogP contribution in [0.1, 0.15) is 43.8 Å². The largest absolute Gasteiger partial charge is 0.489 e. The molecule has 1 atom stereocenters. The molecule has 0 fully saturated rings. The Morgan fingerprint density at radius 2 is 2.00 bits per heavy atom. The lowest BCUT2D eigenvalue weighted by Gasteiger charge is -2.19. The topological polar surface area (TPSA) is 58.5 Å². The molecule has 1 aromatic heterocycles. The van der Waals surface area contributed by atoms with E-state index < -0.39 is 0 Å². The molecule has 1 unspecified atom stereocenters. The van der Waals surface area contributed by atoms with E-state index in [9.17, 15) is 0 Å². The summed E-state index contributed by atoms with van der Waals surface area (Å²) in [5.41, 5.74) is 1.15. The minimum absolute atomic E-state index is 0.0911. The fourth-order valence-electron chi connectivity index (χ4n) is 2.22. The van der Waals surface area contributed by atoms with Crippen molar-refractivity contribution in [3.63, 3.8) is 0 Å². The average Bonchev–Trinajstić information content (AvgIpc) is 3.11. The smallest absolute Gasteiger partial charge is 0.191 e. The van der Waals surface area contributed by atoms with Crippen molar-refractivity contribution in [3.8, 4) is 5.75 Å². The van der Waals surface area contributed by atoms with Gasteiger partial charge in [-0.25, -0.2) is 4.98 Å². The molecule has 2 aromatic rings. The van der Waals surface area contributed by atoms with E-state index in [1.165, 1.54) is 0 Å². The number of nitrogens with one attached hydrogen (secondary N) is 2. The van der Waals surface area contributed by atoms with Gasteiger partial charge < -0.3 is 15.4 Å². The molecule has 0 aliphatic carbocycles. The molecule has 1 aromatic carbocycles. The first kappa shape index (κ1) is 19.2. The number of thiazole rings is 1. The molecule has 6 heteroatoms. The predicted octanol–water partition coefficient (Wildman–Crippen LogP) is 3.79. The standard InChI is InChI=1S/C19H28N4OS/c1-5-15(24-16-9-7-6-8-10-16)11-21-19(20-4)22-12-18-23-17(13-25-18)14(2)3/h6-10,13-15H,5,11-12H2,1-4H3,(H2,20,21,22). The molecule has 136 valence electrons. The van der Waals surface area contributed by atoms with E-state index in [-0.39, 0.29) is 6.10 Å². The highest BCUT2D eigenvalue weighted by Gasteiger charge is 2.10. The summed E-state index contributed by atoms with van der Waals surface area (Å²) >= 11 is 1.68. The molecule has 0 amide bonds. The first-order valence-electron chi connectivity index (χ1n) is 8.72. The Bertz CT molecular complexity index is 654. The van der Waals surface area contributed by atoms with Crippen LogP contribution in [0.4, 0.5) is 0 Å². The summed E-state index contributed by atoms with van der Waals surface area (Å²) in [6, 6.07) is 9.90. The number of ether oxygens (including phenoxy) is 1. The molecule has 0 aliphatic heterocycles. The number of hydrogen-bond donors (Lipinski definition) is 2. The Morgan fingerprint density at radius 1 is 1.24 bits per heavy atom. The maximum absolute atomic E-state index is 6.00. The van der Waals surface area contributed by atoms with Crippen molar-refractivity contribution >= 4 is 17.3 Å². The van der Waals surface area contributed by atoms with Gasteiger partial charge in [0.25, 0.3) is 0 Å². The molecule has 0 saturated heterocycles. The number of guanidine groups is 1. The monoisotopic (exact) mass is 360 g/mol. The van der Waals surface area contributed by atoms with E-state index in [1.54, 1.807) is 18.4 Å². The summed E-state index contributed by atoms with van der Waals surface area (Å²) in [6.45, 7) is 7.80. The second-order valence-electron chi connectivity index (χ2n) is 6.09. The van der Waals surface area contributed by atoms with Crippen LogP contribution in [0.5, 0.6) is 5.75 Å². The van der Waals surface area contributed by atoms with Gasteiger partial charge in [-0.05, 0) is 24.5 Å². The third-order valence-corrected chi connectivity index (χ3v) is 4.66. The molecular weight excluding hydrogens is 332 g/mol. The minimum Gasteiger partial charge on any atom is -0.489 e. The molecule has 0 aliphatic rings. The molecule has 2 rings (SSSR count). The first-order valence-corrected chi connectivity index (χ1v) is 9.60. The summed E-state index contributed by atoms with van der Waals surface area (Å²) < 4.78 is 6.00. The summed E-state index contributed by atoms with van der Waals surface area (Å²) in [4.78, 5) is 8.91. The number of nitrogens with zero attached hydrogens (tertiary/aromatic N) is 2. The Kier molecular flexibility index (Phi) is 7.73. The number of hydrogen-bond acceptors (Lipinski definition) is 4. The van der Waals surface area contributed by atoms with Crippen LogP contribution in [0.25, 0.3) is 0 Å². The van der Waals surface area contributed by atoms with E-state index in [0.29, 0.717) is 19.0 Å². The van der Waals surface area contributed by atoms with Gasteiger partial charge in [-0.2, -0.15) is 0 Å². The van der Waals surface area contributed by atoms with E-state index in [2.05, 4.69) is 46.8 Å². The number of rotatable bonds is 8. The second kappa shape index (κ2) is 10.0. The van der Waals surface area contributed by atoms with Crippen molar-refractivity contribution in [3.05, 3.63) is 46.4 Å². The second-order valence-corrected chi connectivity index (χ2v) is 7.03. The first-order chi connectivity index (χ1) is 12.1. The van der Waals surface area contributed by atoms with E-state index >= 15 is 0 Å². The van der Waals surface area contributed by atoms with Crippen LogP contribution >= 0.6 is 11.3 Å². The van der Waals surface area contributed by atoms with Crippen LogP contribution in [0.2, 0.25) is 0 Å². The van der Waals surface area contributed by atoms with E-state index in [4.69, 9.17) is 4.74 Å². The molecule has 0 radical (unpaired) electrons. The van der Waals surface area contributed by atoms with Crippen molar-refractivity contribution in [2.75, 3.05) is 13.6 Å². The van der Waals surface area contributed by atoms with Crippen LogP contribution in [0, 0.1) is 0 Å². The third kappa shape index (κ3) is 6.38. The SMILES string of the molecule is CCC(CNC(=NC)NCc1nc(C(C)C)cs1)Oc1ccccc1. The Balaban J connectivity index is 1.80. The Morgan fingerprint density at radius 3 is 2.60 bits per heavy atom. The van der Waals surface area contributed by atoms with Crippen molar-refractivity contribution < 1.29 is 4.74 Å². The fraction of sp³-hybridized carbons (Fsp3) is 0.474. The van der Waals surface area contributed by atoms with Crippen LogP contribution in [-0.2, 0) is 6.54 Å². The normalized spacial score (nSPS) is 12.9. The Hall–Kier alpha value is -2.08. The summed E-state index contributed by atoms with van der Waals surface area (Å²) in [5, 5.41) is 9.84. The summed E-state index contributed by atoms with van der Waals surface area (Å²) in [7, 11) is 1.77. The maximum Gasteiger partial charge on any atom is 0.191 e.